The Bertz CT molecular complexity index is 847. The minimum atomic E-state index is 1.10. The lowest BCUT2D eigenvalue weighted by Crippen LogP contribution is -2.44. The summed E-state index contributed by atoms with van der Waals surface area (Å²) < 4.78 is 0. The Hall–Kier alpha value is -1.91. The smallest absolute Gasteiger partial charge is 0.0508 e. The van der Waals surface area contributed by atoms with Crippen LogP contribution in [0.3, 0.4) is 0 Å². The molecule has 1 aliphatic rings. The van der Waals surface area contributed by atoms with Gasteiger partial charge in [0.25, 0.3) is 0 Å². The average molecular weight is 337 g/mol. The van der Waals surface area contributed by atoms with Gasteiger partial charge in [-0.3, -0.25) is 0 Å². The second kappa shape index (κ2) is 6.54. The van der Waals surface area contributed by atoms with Crippen LogP contribution < -0.4 is 4.90 Å². The van der Waals surface area contributed by atoms with Crippen molar-refractivity contribution in [2.75, 3.05) is 38.1 Å². The molecule has 124 valence electrons. The fourth-order valence-corrected chi connectivity index (χ4v) is 4.35. The number of likely N-dealkylation sites (N-methyl/N-ethyl adjacent to an activating group) is 1. The zero-order chi connectivity index (χ0) is 16.5. The van der Waals surface area contributed by atoms with E-state index >= 15 is 0 Å². The van der Waals surface area contributed by atoms with Gasteiger partial charge >= 0.3 is 0 Å². The first kappa shape index (κ1) is 15.6. The van der Waals surface area contributed by atoms with Crippen LogP contribution in [-0.2, 0) is 0 Å². The van der Waals surface area contributed by atoms with Crippen molar-refractivity contribution < 1.29 is 0 Å². The molecule has 1 aliphatic heterocycles. The van der Waals surface area contributed by atoms with Crippen LogP contribution in [0.2, 0.25) is 0 Å². The zero-order valence-electron chi connectivity index (χ0n) is 14.2. The van der Waals surface area contributed by atoms with Gasteiger partial charge < -0.3 is 14.8 Å². The fraction of sp³-hybridized carbons (Fsp3) is 0.300. The molecule has 1 fully saturated rings. The highest BCUT2D eigenvalue weighted by Gasteiger charge is 2.17. The molecule has 0 amide bonds. The number of aromatic amines is 1. The second-order valence-electron chi connectivity index (χ2n) is 6.56. The van der Waals surface area contributed by atoms with Crippen LogP contribution >= 0.6 is 11.8 Å². The maximum atomic E-state index is 3.40. The Morgan fingerprint density at radius 2 is 1.75 bits per heavy atom. The van der Waals surface area contributed by atoms with Crippen molar-refractivity contribution in [1.29, 1.82) is 0 Å². The Kier molecular flexibility index (Phi) is 4.25. The van der Waals surface area contributed by atoms with E-state index in [1.165, 1.54) is 31.9 Å². The highest BCUT2D eigenvalue weighted by Crippen LogP contribution is 2.39. The lowest BCUT2D eigenvalue weighted by Gasteiger charge is -2.35. The van der Waals surface area contributed by atoms with Crippen LogP contribution in [0, 0.1) is 6.92 Å². The third-order valence-electron chi connectivity index (χ3n) is 4.73. The number of aromatic nitrogens is 1. The number of benzene rings is 2. The number of fused-ring (bicyclic) bond motifs is 1. The first-order valence-electron chi connectivity index (χ1n) is 8.49. The molecule has 0 radical (unpaired) electrons. The quantitative estimate of drug-likeness (QED) is 0.767. The standard InChI is InChI=1S/C20H23N3S/c1-15-7-8-17-16(13-15)20(14-21-17)24-19-6-4-3-5-18(19)23-11-9-22(2)10-12-23/h3-8,13-14,21H,9-12H2,1-2H3. The molecule has 3 aromatic rings. The Morgan fingerprint density at radius 1 is 0.958 bits per heavy atom. The number of hydrogen-bond donors (Lipinski definition) is 1. The lowest BCUT2D eigenvalue weighted by atomic mass is 10.2. The molecule has 4 rings (SSSR count). The summed E-state index contributed by atoms with van der Waals surface area (Å²) in [6.07, 6.45) is 2.13. The number of anilines is 1. The molecular formula is C20H23N3S. The molecule has 0 aliphatic carbocycles. The van der Waals surface area contributed by atoms with Crippen LogP contribution in [-0.4, -0.2) is 43.1 Å². The van der Waals surface area contributed by atoms with Crippen LogP contribution in [0.4, 0.5) is 5.69 Å². The minimum Gasteiger partial charge on any atom is -0.368 e. The molecule has 1 saturated heterocycles. The molecule has 0 unspecified atom stereocenters. The van der Waals surface area contributed by atoms with Crippen molar-refractivity contribution in [2.45, 2.75) is 16.7 Å². The maximum Gasteiger partial charge on any atom is 0.0508 e. The van der Waals surface area contributed by atoms with Crippen molar-refractivity contribution in [3.8, 4) is 0 Å². The first-order chi connectivity index (χ1) is 11.7. The van der Waals surface area contributed by atoms with E-state index in [-0.39, 0.29) is 0 Å². The molecule has 3 nitrogen and oxygen atoms in total. The molecule has 1 aromatic heterocycles. The third-order valence-corrected chi connectivity index (χ3v) is 5.85. The molecule has 0 atom stereocenters. The molecule has 24 heavy (non-hydrogen) atoms. The largest absolute Gasteiger partial charge is 0.368 e. The average Bonchev–Trinajstić information content (AvgIpc) is 2.98. The zero-order valence-corrected chi connectivity index (χ0v) is 15.1. The highest BCUT2D eigenvalue weighted by atomic mass is 32.2. The second-order valence-corrected chi connectivity index (χ2v) is 7.65. The topological polar surface area (TPSA) is 22.3 Å². The SMILES string of the molecule is Cc1ccc2[nH]cc(Sc3ccccc3N3CCN(C)CC3)c2c1. The summed E-state index contributed by atoms with van der Waals surface area (Å²) in [4.78, 5) is 11.0. The van der Waals surface area contributed by atoms with Crippen LogP contribution in [0.5, 0.6) is 0 Å². The predicted octanol–water partition coefficient (Wildman–Crippen LogP) is 4.38. The molecule has 0 bridgehead atoms. The Morgan fingerprint density at radius 3 is 2.58 bits per heavy atom. The number of hydrogen-bond acceptors (Lipinski definition) is 3. The normalized spacial score (nSPS) is 16.0. The van der Waals surface area contributed by atoms with Crippen molar-refractivity contribution in [2.24, 2.45) is 0 Å². The van der Waals surface area contributed by atoms with Crippen molar-refractivity contribution in [3.05, 3.63) is 54.2 Å². The van der Waals surface area contributed by atoms with E-state index in [0.29, 0.717) is 0 Å². The molecule has 4 heteroatoms. The summed E-state index contributed by atoms with van der Waals surface area (Å²) in [6, 6.07) is 15.4. The van der Waals surface area contributed by atoms with E-state index in [2.05, 4.69) is 77.4 Å². The predicted molar refractivity (Wildman–Crippen MR) is 103 cm³/mol. The molecule has 0 spiro atoms. The first-order valence-corrected chi connectivity index (χ1v) is 9.30. The lowest BCUT2D eigenvalue weighted by molar-refractivity contribution is 0.312. The Labute approximate surface area is 147 Å². The van der Waals surface area contributed by atoms with Crippen molar-refractivity contribution in [3.63, 3.8) is 0 Å². The van der Waals surface area contributed by atoms with Gasteiger partial charge in [0.2, 0.25) is 0 Å². The number of H-pyrrole nitrogens is 1. The summed E-state index contributed by atoms with van der Waals surface area (Å²) >= 11 is 1.87. The molecule has 2 aromatic carbocycles. The number of para-hydroxylation sites is 1. The summed E-state index contributed by atoms with van der Waals surface area (Å²) in [7, 11) is 2.20. The molecular weight excluding hydrogens is 314 g/mol. The van der Waals surface area contributed by atoms with Crippen molar-refractivity contribution >= 4 is 28.4 Å². The highest BCUT2D eigenvalue weighted by molar-refractivity contribution is 7.99. The maximum absolute atomic E-state index is 3.40. The molecule has 0 saturated carbocycles. The van der Waals surface area contributed by atoms with Crippen LogP contribution in [0.25, 0.3) is 10.9 Å². The van der Waals surface area contributed by atoms with Gasteiger partial charge in [-0.2, -0.15) is 0 Å². The van der Waals surface area contributed by atoms with Crippen LogP contribution in [0.1, 0.15) is 5.56 Å². The summed E-state index contributed by atoms with van der Waals surface area (Å²) in [6.45, 7) is 6.61. The van der Waals surface area contributed by atoms with Gasteiger partial charge in [0.15, 0.2) is 0 Å². The van der Waals surface area contributed by atoms with Gasteiger partial charge in [-0.1, -0.05) is 35.5 Å². The van der Waals surface area contributed by atoms with Gasteiger partial charge in [-0.05, 0) is 38.2 Å². The molecule has 1 N–H and O–H groups in total. The number of rotatable bonds is 3. The van der Waals surface area contributed by atoms with Gasteiger partial charge in [0.1, 0.15) is 0 Å². The van der Waals surface area contributed by atoms with Gasteiger partial charge in [-0.25, -0.2) is 0 Å². The number of aryl methyl sites for hydroxylation is 1. The van der Waals surface area contributed by atoms with E-state index in [4.69, 9.17) is 0 Å². The summed E-state index contributed by atoms with van der Waals surface area (Å²) in [5.74, 6) is 0. The summed E-state index contributed by atoms with van der Waals surface area (Å²) in [5, 5.41) is 1.31. The Balaban J connectivity index is 1.66. The fourth-order valence-electron chi connectivity index (χ4n) is 3.26. The number of nitrogens with one attached hydrogen (secondary N) is 1. The number of piperazine rings is 1. The molecule has 2 heterocycles. The van der Waals surface area contributed by atoms with Crippen LogP contribution in [0.15, 0.2) is 58.5 Å². The van der Waals surface area contributed by atoms with E-state index in [1.807, 2.05) is 11.8 Å². The number of nitrogens with zero attached hydrogens (tertiary/aromatic N) is 2. The van der Waals surface area contributed by atoms with E-state index in [0.717, 1.165) is 26.2 Å². The monoisotopic (exact) mass is 337 g/mol. The van der Waals surface area contributed by atoms with Gasteiger partial charge in [-0.15, -0.1) is 0 Å². The minimum absolute atomic E-state index is 1.10. The summed E-state index contributed by atoms with van der Waals surface area (Å²) in [5.41, 5.74) is 3.87. The van der Waals surface area contributed by atoms with Gasteiger partial charge in [0, 0.05) is 53.1 Å². The van der Waals surface area contributed by atoms with Gasteiger partial charge in [0.05, 0.1) is 5.69 Å². The van der Waals surface area contributed by atoms with Crippen molar-refractivity contribution in [1.82, 2.24) is 9.88 Å². The van der Waals surface area contributed by atoms with E-state index in [9.17, 15) is 0 Å². The van der Waals surface area contributed by atoms with E-state index < -0.39 is 0 Å². The third kappa shape index (κ3) is 3.04. The van der Waals surface area contributed by atoms with E-state index in [1.54, 1.807) is 0 Å².